The first-order valence-corrected chi connectivity index (χ1v) is 10.4. The topological polar surface area (TPSA) is 58.6 Å². The number of nitrogens with one attached hydrogen (secondary N) is 1. The third kappa shape index (κ3) is 7.26. The van der Waals surface area contributed by atoms with E-state index in [2.05, 4.69) is 12.2 Å². The van der Waals surface area contributed by atoms with E-state index in [-0.39, 0.29) is 18.4 Å². The molecule has 0 fully saturated rings. The number of carbonyl (C=O) groups is 2. The van der Waals surface area contributed by atoms with Crippen molar-refractivity contribution in [1.29, 1.82) is 0 Å². The van der Waals surface area contributed by atoms with Gasteiger partial charge in [-0.15, -0.1) is 0 Å². The number of ether oxygens (including phenoxy) is 1. The van der Waals surface area contributed by atoms with Gasteiger partial charge < -0.3 is 15.0 Å². The van der Waals surface area contributed by atoms with Gasteiger partial charge in [0.2, 0.25) is 5.91 Å². The summed E-state index contributed by atoms with van der Waals surface area (Å²) in [6, 6.07) is 17.1. The van der Waals surface area contributed by atoms with Gasteiger partial charge in [0.1, 0.15) is 11.8 Å². The van der Waals surface area contributed by atoms with Crippen LogP contribution in [0.1, 0.15) is 38.3 Å². The van der Waals surface area contributed by atoms with Gasteiger partial charge in [-0.2, -0.15) is 0 Å². The van der Waals surface area contributed by atoms with Gasteiger partial charge in [0.25, 0.3) is 5.91 Å². The van der Waals surface area contributed by atoms with Crippen molar-refractivity contribution in [2.75, 3.05) is 19.7 Å². The molecule has 2 amide bonds. The van der Waals surface area contributed by atoms with E-state index in [0.29, 0.717) is 25.3 Å². The van der Waals surface area contributed by atoms with Gasteiger partial charge in [-0.1, -0.05) is 56.3 Å². The molecule has 0 unspecified atom stereocenters. The maximum atomic E-state index is 12.9. The molecule has 1 N–H and O–H groups in total. The Morgan fingerprint density at radius 3 is 2.31 bits per heavy atom. The van der Waals surface area contributed by atoms with Crippen molar-refractivity contribution in [2.45, 2.75) is 46.1 Å². The largest absolute Gasteiger partial charge is 0.484 e. The number of aryl methyl sites for hydroxylation is 1. The Morgan fingerprint density at radius 2 is 1.69 bits per heavy atom. The number of nitrogens with zero attached hydrogens (tertiary/aromatic N) is 1. The highest BCUT2D eigenvalue weighted by atomic mass is 16.5. The Labute approximate surface area is 174 Å². The minimum Gasteiger partial charge on any atom is -0.484 e. The van der Waals surface area contributed by atoms with Crippen LogP contribution in [0, 0.1) is 0 Å². The number of hydrogen-bond donors (Lipinski definition) is 1. The summed E-state index contributed by atoms with van der Waals surface area (Å²) in [6.07, 6.45) is 2.49. The average molecular weight is 397 g/mol. The Balaban J connectivity index is 2.02. The SMILES string of the molecule is CCCNC(=O)[C@H](C)N(CCc1ccccc1)C(=O)COc1ccc(CC)cc1. The molecular formula is C24H32N2O3. The van der Waals surface area contributed by atoms with E-state index < -0.39 is 6.04 Å². The Morgan fingerprint density at radius 1 is 1.00 bits per heavy atom. The second-order valence-electron chi connectivity index (χ2n) is 7.08. The monoisotopic (exact) mass is 396 g/mol. The Hall–Kier alpha value is -2.82. The fourth-order valence-corrected chi connectivity index (χ4v) is 3.02. The second-order valence-corrected chi connectivity index (χ2v) is 7.08. The van der Waals surface area contributed by atoms with Crippen molar-refractivity contribution in [2.24, 2.45) is 0 Å². The van der Waals surface area contributed by atoms with Crippen molar-refractivity contribution >= 4 is 11.8 Å². The summed E-state index contributed by atoms with van der Waals surface area (Å²) in [5, 5.41) is 2.88. The molecule has 0 heterocycles. The predicted octanol–water partition coefficient (Wildman–Crippen LogP) is 3.61. The van der Waals surface area contributed by atoms with Gasteiger partial charge in [-0.3, -0.25) is 9.59 Å². The third-order valence-electron chi connectivity index (χ3n) is 4.89. The standard InChI is InChI=1S/C24H32N2O3/c1-4-16-25-24(28)19(3)26(17-15-21-9-7-6-8-10-21)23(27)18-29-22-13-11-20(5-2)12-14-22/h6-14,19H,4-5,15-18H2,1-3H3,(H,25,28)/t19-/m0/s1. The van der Waals surface area contributed by atoms with Gasteiger partial charge in [0.15, 0.2) is 6.61 Å². The van der Waals surface area contributed by atoms with Gasteiger partial charge in [-0.25, -0.2) is 0 Å². The molecule has 1 atom stereocenters. The highest BCUT2D eigenvalue weighted by molar-refractivity contribution is 5.87. The Bertz CT molecular complexity index is 759. The smallest absolute Gasteiger partial charge is 0.261 e. The van der Waals surface area contributed by atoms with Crippen LogP contribution < -0.4 is 10.1 Å². The molecule has 0 spiro atoms. The van der Waals surface area contributed by atoms with Crippen molar-refractivity contribution in [3.63, 3.8) is 0 Å². The van der Waals surface area contributed by atoms with E-state index in [9.17, 15) is 9.59 Å². The third-order valence-corrected chi connectivity index (χ3v) is 4.89. The number of hydrogen-bond acceptors (Lipinski definition) is 3. The van der Waals surface area contributed by atoms with E-state index in [1.807, 2.05) is 61.5 Å². The molecule has 0 aromatic heterocycles. The fourth-order valence-electron chi connectivity index (χ4n) is 3.02. The number of amides is 2. The molecule has 5 nitrogen and oxygen atoms in total. The molecular weight excluding hydrogens is 364 g/mol. The van der Waals surface area contributed by atoms with Crippen LogP contribution in [0.15, 0.2) is 54.6 Å². The van der Waals surface area contributed by atoms with E-state index in [0.717, 1.165) is 18.4 Å². The molecule has 0 saturated heterocycles. The molecule has 0 saturated carbocycles. The minimum absolute atomic E-state index is 0.0916. The van der Waals surface area contributed by atoms with Crippen LogP contribution >= 0.6 is 0 Å². The quantitative estimate of drug-likeness (QED) is 0.631. The summed E-state index contributed by atoms with van der Waals surface area (Å²) in [5.41, 5.74) is 2.34. The van der Waals surface area contributed by atoms with E-state index in [1.165, 1.54) is 5.56 Å². The molecule has 156 valence electrons. The molecule has 2 aromatic carbocycles. The maximum absolute atomic E-state index is 12.9. The van der Waals surface area contributed by atoms with Crippen LogP contribution in [0.4, 0.5) is 0 Å². The van der Waals surface area contributed by atoms with Crippen molar-refractivity contribution in [1.82, 2.24) is 10.2 Å². The second kappa shape index (κ2) is 11.9. The Kier molecular flexibility index (Phi) is 9.22. The molecule has 2 rings (SSSR count). The average Bonchev–Trinajstić information content (AvgIpc) is 2.77. The van der Waals surface area contributed by atoms with E-state index >= 15 is 0 Å². The van der Waals surface area contributed by atoms with Crippen molar-refractivity contribution < 1.29 is 14.3 Å². The highest BCUT2D eigenvalue weighted by Gasteiger charge is 2.25. The molecule has 5 heteroatoms. The first kappa shape index (κ1) is 22.5. The first-order valence-electron chi connectivity index (χ1n) is 10.4. The molecule has 0 aliphatic rings. The number of rotatable bonds is 11. The molecule has 2 aromatic rings. The zero-order valence-electron chi connectivity index (χ0n) is 17.7. The van der Waals surface area contributed by atoms with Crippen molar-refractivity contribution in [3.8, 4) is 5.75 Å². The number of carbonyl (C=O) groups excluding carboxylic acids is 2. The molecule has 0 aliphatic carbocycles. The van der Waals surface area contributed by atoms with E-state index in [1.54, 1.807) is 11.8 Å². The van der Waals surface area contributed by atoms with E-state index in [4.69, 9.17) is 4.74 Å². The van der Waals surface area contributed by atoms with Gasteiger partial charge >= 0.3 is 0 Å². The van der Waals surface area contributed by atoms with Crippen LogP contribution in [0.5, 0.6) is 5.75 Å². The van der Waals surface area contributed by atoms with Crippen LogP contribution in [0.2, 0.25) is 0 Å². The maximum Gasteiger partial charge on any atom is 0.261 e. The summed E-state index contributed by atoms with van der Waals surface area (Å²) in [7, 11) is 0. The van der Waals surface area contributed by atoms with Gasteiger partial charge in [0, 0.05) is 13.1 Å². The summed E-state index contributed by atoms with van der Waals surface area (Å²) in [5.74, 6) is 0.321. The zero-order valence-corrected chi connectivity index (χ0v) is 17.7. The summed E-state index contributed by atoms with van der Waals surface area (Å²) < 4.78 is 5.69. The highest BCUT2D eigenvalue weighted by Crippen LogP contribution is 2.13. The summed E-state index contributed by atoms with van der Waals surface area (Å²) in [4.78, 5) is 27.0. The van der Waals surface area contributed by atoms with Crippen LogP contribution in [-0.2, 0) is 22.4 Å². The molecule has 0 aliphatic heterocycles. The first-order chi connectivity index (χ1) is 14.0. The predicted molar refractivity (Wildman–Crippen MR) is 116 cm³/mol. The van der Waals surface area contributed by atoms with Crippen LogP contribution in [-0.4, -0.2) is 42.5 Å². The minimum atomic E-state index is -0.552. The normalized spacial score (nSPS) is 11.6. The van der Waals surface area contributed by atoms with Gasteiger partial charge in [-0.05, 0) is 49.4 Å². The fraction of sp³-hybridized carbons (Fsp3) is 0.417. The lowest BCUT2D eigenvalue weighted by molar-refractivity contribution is -0.141. The molecule has 29 heavy (non-hydrogen) atoms. The lowest BCUT2D eigenvalue weighted by Gasteiger charge is -2.28. The molecule has 0 radical (unpaired) electrons. The lowest BCUT2D eigenvalue weighted by Crippen LogP contribution is -2.50. The number of benzene rings is 2. The van der Waals surface area contributed by atoms with Crippen LogP contribution in [0.3, 0.4) is 0 Å². The van der Waals surface area contributed by atoms with Gasteiger partial charge in [0.05, 0.1) is 0 Å². The zero-order chi connectivity index (χ0) is 21.1. The summed E-state index contributed by atoms with van der Waals surface area (Å²) in [6.45, 7) is 6.83. The van der Waals surface area contributed by atoms with Crippen molar-refractivity contribution in [3.05, 3.63) is 65.7 Å². The molecule has 0 bridgehead atoms. The summed E-state index contributed by atoms with van der Waals surface area (Å²) >= 11 is 0. The van der Waals surface area contributed by atoms with Crippen LogP contribution in [0.25, 0.3) is 0 Å². The lowest BCUT2D eigenvalue weighted by atomic mass is 10.1.